The highest BCUT2D eigenvalue weighted by Crippen LogP contribution is 2.34. The third-order valence-corrected chi connectivity index (χ3v) is 4.44. The number of barbiturate groups is 1. The minimum atomic E-state index is -0.940. The molecule has 1 aromatic carbocycles. The van der Waals surface area contributed by atoms with Gasteiger partial charge in [-0.2, -0.15) is 0 Å². The first kappa shape index (κ1) is 19.0. The summed E-state index contributed by atoms with van der Waals surface area (Å²) in [5.74, 6) is -1.81. The summed E-state index contributed by atoms with van der Waals surface area (Å²) in [5, 5.41) is 15.4. The number of nitro groups is 1. The van der Waals surface area contributed by atoms with Gasteiger partial charge in [-0.1, -0.05) is 6.07 Å². The first-order valence-electron chi connectivity index (χ1n) is 7.65. The number of carbonyl (C=O) groups is 3. The Hall–Kier alpha value is -3.80. The van der Waals surface area contributed by atoms with Gasteiger partial charge in [-0.25, -0.2) is 9.78 Å². The van der Waals surface area contributed by atoms with Crippen molar-refractivity contribution in [2.24, 2.45) is 0 Å². The first-order valence-corrected chi connectivity index (χ1v) is 8.47. The van der Waals surface area contributed by atoms with Crippen LogP contribution in [0.25, 0.3) is 6.08 Å². The summed E-state index contributed by atoms with van der Waals surface area (Å²) < 4.78 is 0. The highest BCUT2D eigenvalue weighted by atomic mass is 32.2. The molecular weight excluding hydrogens is 390 g/mol. The topological polar surface area (TPSA) is 164 Å². The number of hydrogen-bond acceptors (Lipinski definition) is 8. The SMILES string of the molecule is Cc1cc(=O)[nH]c(Sc2ccc(C=C3C(=O)NC(=O)NC3=O)cc2[N+](=O)[O-])n1. The molecule has 3 N–H and O–H groups in total. The van der Waals surface area contributed by atoms with Crippen LogP contribution in [0.4, 0.5) is 10.5 Å². The van der Waals surface area contributed by atoms with Crippen LogP contribution in [0.15, 0.2) is 44.7 Å². The Balaban J connectivity index is 1.97. The van der Waals surface area contributed by atoms with Crippen LogP contribution in [0.1, 0.15) is 11.3 Å². The van der Waals surface area contributed by atoms with E-state index in [2.05, 4.69) is 9.97 Å². The van der Waals surface area contributed by atoms with Gasteiger partial charge in [0, 0.05) is 17.8 Å². The lowest BCUT2D eigenvalue weighted by molar-refractivity contribution is -0.387. The van der Waals surface area contributed by atoms with Gasteiger partial charge in [-0.15, -0.1) is 0 Å². The fraction of sp³-hybridized carbons (Fsp3) is 0.0625. The second-order valence-electron chi connectivity index (χ2n) is 5.57. The number of urea groups is 1. The van der Waals surface area contributed by atoms with Crippen molar-refractivity contribution in [2.45, 2.75) is 17.0 Å². The van der Waals surface area contributed by atoms with E-state index in [4.69, 9.17) is 0 Å². The average molecular weight is 401 g/mol. The van der Waals surface area contributed by atoms with Gasteiger partial charge in [0.1, 0.15) is 5.57 Å². The predicted molar refractivity (Wildman–Crippen MR) is 96.5 cm³/mol. The molecule has 1 fully saturated rings. The van der Waals surface area contributed by atoms with Crippen LogP contribution in [-0.2, 0) is 9.59 Å². The third kappa shape index (κ3) is 4.12. The second kappa shape index (κ2) is 7.44. The smallest absolute Gasteiger partial charge is 0.301 e. The molecule has 1 aromatic heterocycles. The summed E-state index contributed by atoms with van der Waals surface area (Å²) in [7, 11) is 0. The molecule has 2 heterocycles. The zero-order valence-electron chi connectivity index (χ0n) is 14.1. The van der Waals surface area contributed by atoms with Crippen LogP contribution in [0.2, 0.25) is 0 Å². The number of carbonyl (C=O) groups excluding carboxylic acids is 3. The zero-order chi connectivity index (χ0) is 20.4. The minimum absolute atomic E-state index is 0.184. The van der Waals surface area contributed by atoms with Crippen LogP contribution in [0, 0.1) is 17.0 Å². The Labute approximate surface area is 160 Å². The van der Waals surface area contributed by atoms with Gasteiger partial charge in [-0.05, 0) is 36.4 Å². The lowest BCUT2D eigenvalue weighted by Crippen LogP contribution is -2.51. The molecule has 1 aliphatic heterocycles. The summed E-state index contributed by atoms with van der Waals surface area (Å²) >= 11 is 0.895. The summed E-state index contributed by atoms with van der Waals surface area (Å²) in [6.07, 6.45) is 1.13. The van der Waals surface area contributed by atoms with Crippen LogP contribution >= 0.6 is 11.8 Å². The van der Waals surface area contributed by atoms with Gasteiger partial charge in [0.05, 0.1) is 9.82 Å². The quantitative estimate of drug-likeness (QED) is 0.223. The number of nitrogens with zero attached hydrogens (tertiary/aromatic N) is 2. The van der Waals surface area contributed by atoms with Crippen molar-refractivity contribution in [2.75, 3.05) is 0 Å². The average Bonchev–Trinajstić information content (AvgIpc) is 2.58. The maximum Gasteiger partial charge on any atom is 0.328 e. The van der Waals surface area contributed by atoms with E-state index in [1.54, 1.807) is 6.92 Å². The number of rotatable bonds is 4. The van der Waals surface area contributed by atoms with E-state index in [9.17, 15) is 29.3 Å². The van der Waals surface area contributed by atoms with Crippen molar-refractivity contribution in [3.8, 4) is 0 Å². The fourth-order valence-corrected chi connectivity index (χ4v) is 3.25. The number of amides is 4. The van der Waals surface area contributed by atoms with Crippen LogP contribution in [-0.4, -0.2) is 32.7 Å². The largest absolute Gasteiger partial charge is 0.328 e. The molecule has 0 aliphatic carbocycles. The van der Waals surface area contributed by atoms with E-state index in [1.165, 1.54) is 24.3 Å². The number of aryl methyl sites for hydroxylation is 1. The van der Waals surface area contributed by atoms with Gasteiger partial charge < -0.3 is 4.98 Å². The molecule has 0 unspecified atom stereocenters. The van der Waals surface area contributed by atoms with Crippen LogP contribution < -0.4 is 16.2 Å². The maximum atomic E-state index is 11.8. The van der Waals surface area contributed by atoms with Crippen molar-refractivity contribution in [3.05, 3.63) is 61.6 Å². The fourth-order valence-electron chi connectivity index (χ4n) is 2.33. The molecule has 0 atom stereocenters. The molecule has 142 valence electrons. The molecule has 0 spiro atoms. The number of imide groups is 2. The van der Waals surface area contributed by atoms with Gasteiger partial charge in [0.2, 0.25) is 0 Å². The van der Waals surface area contributed by atoms with Crippen LogP contribution in [0.5, 0.6) is 0 Å². The molecule has 0 bridgehead atoms. The summed E-state index contributed by atoms with van der Waals surface area (Å²) in [6.45, 7) is 1.62. The number of benzene rings is 1. The molecular formula is C16H11N5O6S. The van der Waals surface area contributed by atoms with Gasteiger partial charge in [0.15, 0.2) is 5.16 Å². The van der Waals surface area contributed by atoms with Crippen molar-refractivity contribution in [3.63, 3.8) is 0 Å². The normalized spacial score (nSPS) is 13.8. The molecule has 4 amide bonds. The Kier molecular flexibility index (Phi) is 5.04. The number of H-pyrrole nitrogens is 1. The Bertz CT molecular complexity index is 1100. The molecule has 11 nitrogen and oxygen atoms in total. The molecule has 0 radical (unpaired) electrons. The van der Waals surface area contributed by atoms with Crippen molar-refractivity contribution in [1.29, 1.82) is 0 Å². The zero-order valence-corrected chi connectivity index (χ0v) is 15.0. The molecule has 12 heteroatoms. The van der Waals surface area contributed by atoms with Gasteiger partial charge in [-0.3, -0.25) is 35.1 Å². The Morgan fingerprint density at radius 2 is 1.79 bits per heavy atom. The van der Waals surface area contributed by atoms with E-state index in [0.29, 0.717) is 5.69 Å². The Morgan fingerprint density at radius 1 is 1.11 bits per heavy atom. The second-order valence-corrected chi connectivity index (χ2v) is 6.60. The number of nitro benzene ring substituents is 1. The number of aromatic nitrogens is 2. The summed E-state index contributed by atoms with van der Waals surface area (Å²) in [5.41, 5.74) is -0.395. The number of hydrogen-bond donors (Lipinski definition) is 3. The highest BCUT2D eigenvalue weighted by Gasteiger charge is 2.28. The molecule has 28 heavy (non-hydrogen) atoms. The molecule has 1 saturated heterocycles. The first-order chi connectivity index (χ1) is 13.2. The van der Waals surface area contributed by atoms with E-state index in [-0.39, 0.29) is 32.4 Å². The summed E-state index contributed by atoms with van der Waals surface area (Å²) in [6, 6.07) is 4.37. The van der Waals surface area contributed by atoms with E-state index >= 15 is 0 Å². The van der Waals surface area contributed by atoms with Crippen LogP contribution in [0.3, 0.4) is 0 Å². The lowest BCUT2D eigenvalue weighted by Gasteiger charge is -2.13. The minimum Gasteiger partial charge on any atom is -0.301 e. The van der Waals surface area contributed by atoms with Crippen molar-refractivity contribution < 1.29 is 19.3 Å². The maximum absolute atomic E-state index is 11.8. The number of nitrogens with one attached hydrogen (secondary N) is 3. The van der Waals surface area contributed by atoms with E-state index in [0.717, 1.165) is 17.8 Å². The molecule has 2 aromatic rings. The van der Waals surface area contributed by atoms with Gasteiger partial charge >= 0.3 is 6.03 Å². The van der Waals surface area contributed by atoms with Crippen molar-refractivity contribution >= 4 is 41.4 Å². The van der Waals surface area contributed by atoms with E-state index in [1.807, 2.05) is 10.6 Å². The molecule has 3 rings (SSSR count). The van der Waals surface area contributed by atoms with E-state index < -0.39 is 22.8 Å². The van der Waals surface area contributed by atoms with Crippen molar-refractivity contribution in [1.82, 2.24) is 20.6 Å². The monoisotopic (exact) mass is 401 g/mol. The molecule has 0 saturated carbocycles. The third-order valence-electron chi connectivity index (χ3n) is 3.49. The summed E-state index contributed by atoms with van der Waals surface area (Å²) in [4.78, 5) is 63.7. The predicted octanol–water partition coefficient (Wildman–Crippen LogP) is 0.887. The lowest BCUT2D eigenvalue weighted by atomic mass is 10.1. The van der Waals surface area contributed by atoms with Gasteiger partial charge in [0.25, 0.3) is 23.1 Å². The molecule has 1 aliphatic rings. The highest BCUT2D eigenvalue weighted by molar-refractivity contribution is 7.99. The number of aromatic amines is 1. The Morgan fingerprint density at radius 3 is 2.39 bits per heavy atom. The standard InChI is InChI=1S/C16H11N5O6S/c1-7-4-12(22)18-16(17-7)28-11-3-2-8(6-10(11)21(26)27)5-9-13(23)19-15(25)20-14(9)24/h2-6H,1H3,(H,17,18,22)(H2,19,20,23,24,25).